The van der Waals surface area contributed by atoms with Gasteiger partial charge in [0, 0.05) is 17.1 Å². The van der Waals surface area contributed by atoms with Crippen LogP contribution in [-0.4, -0.2) is 45.8 Å². The van der Waals surface area contributed by atoms with Crippen LogP contribution in [-0.2, 0) is 31.5 Å². The smallest absolute Gasteiger partial charge is 0.321 e. The molecule has 0 heterocycles. The van der Waals surface area contributed by atoms with Gasteiger partial charge in [-0.3, -0.25) is 19.7 Å². The molecule has 0 aromatic heterocycles. The van der Waals surface area contributed by atoms with Crippen LogP contribution in [0.4, 0.5) is 0 Å². The summed E-state index contributed by atoms with van der Waals surface area (Å²) in [5.41, 5.74) is 0. The molecule has 0 aromatic carbocycles. The van der Waals surface area contributed by atoms with E-state index in [1.54, 1.807) is 0 Å². The van der Waals surface area contributed by atoms with Crippen molar-refractivity contribution in [2.75, 3.05) is 6.54 Å². The summed E-state index contributed by atoms with van der Waals surface area (Å²) in [6.45, 7) is -0.579. The number of carbonyl (C=O) groups is 3. The van der Waals surface area contributed by atoms with Crippen molar-refractivity contribution in [3.05, 3.63) is 0 Å². The fraction of sp³-hybridized carbons (Fsp3) is 0.500. The quantitative estimate of drug-likeness (QED) is 0.429. The van der Waals surface area contributed by atoms with Crippen molar-refractivity contribution < 1.29 is 46.8 Å². The summed E-state index contributed by atoms with van der Waals surface area (Å²) in [7, 11) is 0. The molecule has 0 fully saturated rings. The molecule has 0 saturated carbocycles. The van der Waals surface area contributed by atoms with E-state index in [1.165, 1.54) is 0 Å². The Morgan fingerprint density at radius 3 is 1.86 bits per heavy atom. The minimum atomic E-state index is -1.39. The fourth-order valence-corrected chi connectivity index (χ4v) is 0.632. The second-order valence-electron chi connectivity index (χ2n) is 2.26. The molecular weight excluding hydrogens is 246 g/mol. The molecule has 85 valence electrons. The number of carboxylic acid groups (broad SMARTS) is 3. The molecule has 0 rings (SSSR count). The molecular formula is C6H9CuNO6. The topological polar surface area (TPSA) is 124 Å². The minimum absolute atomic E-state index is 0. The van der Waals surface area contributed by atoms with Crippen LogP contribution in [0.25, 0.3) is 0 Å². The molecule has 1 radical (unpaired) electrons. The van der Waals surface area contributed by atoms with E-state index in [0.717, 1.165) is 0 Å². The number of hydrogen-bond acceptors (Lipinski definition) is 4. The van der Waals surface area contributed by atoms with E-state index >= 15 is 0 Å². The average Bonchev–Trinajstić information content (AvgIpc) is 1.96. The minimum Gasteiger partial charge on any atom is -0.481 e. The molecule has 14 heavy (non-hydrogen) atoms. The van der Waals surface area contributed by atoms with Gasteiger partial charge in [-0.15, -0.1) is 0 Å². The number of carboxylic acids is 3. The molecule has 8 heteroatoms. The first-order valence-electron chi connectivity index (χ1n) is 3.33. The first kappa shape index (κ1) is 15.4. The summed E-state index contributed by atoms with van der Waals surface area (Å²) >= 11 is 0. The average molecular weight is 255 g/mol. The molecule has 0 saturated heterocycles. The number of aliphatic carboxylic acids is 3. The summed E-state index contributed by atoms with van der Waals surface area (Å²) in [6.07, 6.45) is -0.650. The van der Waals surface area contributed by atoms with Crippen molar-refractivity contribution in [2.24, 2.45) is 0 Å². The van der Waals surface area contributed by atoms with Crippen LogP contribution in [0.2, 0.25) is 0 Å². The van der Waals surface area contributed by atoms with Gasteiger partial charge in [-0.2, -0.15) is 0 Å². The van der Waals surface area contributed by atoms with Gasteiger partial charge in [-0.05, 0) is 0 Å². The van der Waals surface area contributed by atoms with Gasteiger partial charge in [-0.25, -0.2) is 0 Å². The Labute approximate surface area is 89.6 Å². The number of hydrogen-bond donors (Lipinski definition) is 4. The zero-order chi connectivity index (χ0) is 10.4. The standard InChI is InChI=1S/C6H9NO6.Cu/c8-4(9)1-3(6(12)13)7-2-5(10)11;/h3,7H,1-2H2,(H,8,9)(H,10,11)(H,12,13);/t3-;/m1./s1. The maximum absolute atomic E-state index is 10.3. The third kappa shape index (κ3) is 7.53. The molecule has 0 spiro atoms. The molecule has 0 aliphatic carbocycles. The van der Waals surface area contributed by atoms with Crippen LogP contribution in [0.5, 0.6) is 0 Å². The van der Waals surface area contributed by atoms with Crippen LogP contribution >= 0.6 is 0 Å². The van der Waals surface area contributed by atoms with Gasteiger partial charge < -0.3 is 15.3 Å². The monoisotopic (exact) mass is 254 g/mol. The first-order valence-corrected chi connectivity index (χ1v) is 3.33. The molecule has 0 unspecified atom stereocenters. The van der Waals surface area contributed by atoms with E-state index in [2.05, 4.69) is 5.32 Å². The zero-order valence-electron chi connectivity index (χ0n) is 6.86. The molecule has 0 bridgehead atoms. The molecule has 0 amide bonds. The van der Waals surface area contributed by atoms with E-state index in [1.807, 2.05) is 0 Å². The Kier molecular flexibility index (Phi) is 8.02. The van der Waals surface area contributed by atoms with Gasteiger partial charge in [0.05, 0.1) is 13.0 Å². The molecule has 0 aliphatic heterocycles. The van der Waals surface area contributed by atoms with E-state index in [-0.39, 0.29) is 17.1 Å². The Morgan fingerprint density at radius 2 is 1.57 bits per heavy atom. The molecule has 1 atom stereocenters. The molecule has 4 N–H and O–H groups in total. The second-order valence-corrected chi connectivity index (χ2v) is 2.26. The summed E-state index contributed by atoms with van der Waals surface area (Å²) in [5, 5.41) is 26.9. The predicted molar refractivity (Wildman–Crippen MR) is 39.3 cm³/mol. The van der Waals surface area contributed by atoms with Gasteiger partial charge in [-0.1, -0.05) is 0 Å². The Morgan fingerprint density at radius 1 is 1.07 bits per heavy atom. The van der Waals surface area contributed by atoms with Crippen molar-refractivity contribution >= 4 is 17.9 Å². The molecule has 0 aliphatic rings. The van der Waals surface area contributed by atoms with Crippen LogP contribution in [0.1, 0.15) is 6.42 Å². The third-order valence-corrected chi connectivity index (χ3v) is 1.18. The van der Waals surface area contributed by atoms with E-state index in [4.69, 9.17) is 15.3 Å². The van der Waals surface area contributed by atoms with Crippen molar-refractivity contribution in [3.8, 4) is 0 Å². The second kappa shape index (κ2) is 7.31. The summed E-state index contributed by atoms with van der Waals surface area (Å²) < 4.78 is 0. The van der Waals surface area contributed by atoms with Crippen LogP contribution < -0.4 is 5.32 Å². The first-order chi connectivity index (χ1) is 5.93. The van der Waals surface area contributed by atoms with Crippen molar-refractivity contribution in [2.45, 2.75) is 12.5 Å². The predicted octanol–water partition coefficient (Wildman–Crippen LogP) is -1.41. The van der Waals surface area contributed by atoms with Crippen LogP contribution in [0.3, 0.4) is 0 Å². The maximum atomic E-state index is 10.3. The van der Waals surface area contributed by atoms with E-state index in [9.17, 15) is 14.4 Å². The van der Waals surface area contributed by atoms with Crippen molar-refractivity contribution in [1.29, 1.82) is 0 Å². The largest absolute Gasteiger partial charge is 0.481 e. The SMILES string of the molecule is O=C(O)CN[C@H](CC(=O)O)C(=O)O.[Cu]. The maximum Gasteiger partial charge on any atom is 0.321 e. The van der Waals surface area contributed by atoms with E-state index in [0.29, 0.717) is 0 Å². The van der Waals surface area contributed by atoms with Crippen molar-refractivity contribution in [3.63, 3.8) is 0 Å². The van der Waals surface area contributed by atoms with Gasteiger partial charge in [0.2, 0.25) is 0 Å². The van der Waals surface area contributed by atoms with Crippen LogP contribution in [0.15, 0.2) is 0 Å². The van der Waals surface area contributed by atoms with Crippen LogP contribution in [0, 0.1) is 0 Å². The Bertz CT molecular complexity index is 230. The number of nitrogens with one attached hydrogen (secondary N) is 1. The number of rotatable bonds is 6. The third-order valence-electron chi connectivity index (χ3n) is 1.18. The molecule has 7 nitrogen and oxygen atoms in total. The summed E-state index contributed by atoms with van der Waals surface area (Å²) in [6, 6.07) is -1.37. The van der Waals surface area contributed by atoms with Crippen molar-refractivity contribution in [1.82, 2.24) is 5.32 Å². The molecule has 0 aromatic rings. The summed E-state index contributed by atoms with van der Waals surface area (Å²) in [4.78, 5) is 30.4. The zero-order valence-corrected chi connectivity index (χ0v) is 7.80. The van der Waals surface area contributed by atoms with Gasteiger partial charge in [0.1, 0.15) is 6.04 Å². The Hall–Kier alpha value is -1.11. The van der Waals surface area contributed by atoms with Gasteiger partial charge in [0.25, 0.3) is 0 Å². The Balaban J connectivity index is 0. The van der Waals surface area contributed by atoms with Gasteiger partial charge >= 0.3 is 17.9 Å². The van der Waals surface area contributed by atoms with E-state index < -0.39 is 36.9 Å². The van der Waals surface area contributed by atoms with Gasteiger partial charge in [0.15, 0.2) is 0 Å². The normalized spacial score (nSPS) is 11.1. The fourth-order valence-electron chi connectivity index (χ4n) is 0.632. The summed E-state index contributed by atoms with van der Waals surface area (Å²) in [5.74, 6) is -3.93.